The Morgan fingerprint density at radius 1 is 1.36 bits per heavy atom. The Bertz CT molecular complexity index is 798. The molecule has 1 aromatic heterocycles. The van der Waals surface area contributed by atoms with Gasteiger partial charge in [0, 0.05) is 12.1 Å². The highest BCUT2D eigenvalue weighted by molar-refractivity contribution is 5.91. The molecule has 1 aliphatic heterocycles. The maximum atomic E-state index is 11.8. The summed E-state index contributed by atoms with van der Waals surface area (Å²) in [7, 11) is 0. The summed E-state index contributed by atoms with van der Waals surface area (Å²) in [6, 6.07) is 4.30. The molecule has 0 atom stereocenters. The standard InChI is InChI=1S/C15H14O7/c1-15(2,18)11(16)6-19-13-8-3-4-12(17)22-9(8)5-10-14(13)21-7-20-10/h3-5,18H,6-7H2,1-2H3. The van der Waals surface area contributed by atoms with Crippen LogP contribution in [-0.2, 0) is 4.79 Å². The summed E-state index contributed by atoms with van der Waals surface area (Å²) in [6.07, 6.45) is 0. The molecule has 7 nitrogen and oxygen atoms in total. The van der Waals surface area contributed by atoms with Crippen molar-refractivity contribution < 1.29 is 28.5 Å². The van der Waals surface area contributed by atoms with Crippen LogP contribution in [0.15, 0.2) is 27.4 Å². The van der Waals surface area contributed by atoms with Gasteiger partial charge in [-0.1, -0.05) is 0 Å². The second-order valence-corrected chi connectivity index (χ2v) is 5.38. The largest absolute Gasteiger partial charge is 0.481 e. The van der Waals surface area contributed by atoms with Gasteiger partial charge in [0.2, 0.25) is 18.3 Å². The van der Waals surface area contributed by atoms with Gasteiger partial charge in [-0.15, -0.1) is 0 Å². The fourth-order valence-electron chi connectivity index (χ4n) is 2.00. The molecule has 3 rings (SSSR count). The molecule has 2 heterocycles. The molecular weight excluding hydrogens is 292 g/mol. The number of rotatable bonds is 4. The number of fused-ring (bicyclic) bond motifs is 2. The quantitative estimate of drug-likeness (QED) is 0.849. The number of benzene rings is 1. The minimum absolute atomic E-state index is 0.00564. The first-order chi connectivity index (χ1) is 10.4. The Labute approximate surface area is 125 Å². The van der Waals surface area contributed by atoms with Gasteiger partial charge in [0.25, 0.3) is 0 Å². The summed E-state index contributed by atoms with van der Waals surface area (Å²) in [4.78, 5) is 23.1. The molecule has 1 aromatic carbocycles. The molecule has 0 unspecified atom stereocenters. The van der Waals surface area contributed by atoms with E-state index in [-0.39, 0.29) is 24.7 Å². The van der Waals surface area contributed by atoms with Crippen LogP contribution in [0.5, 0.6) is 17.2 Å². The average molecular weight is 306 g/mol. The Morgan fingerprint density at radius 2 is 2.14 bits per heavy atom. The lowest BCUT2D eigenvalue weighted by atomic mass is 10.1. The van der Waals surface area contributed by atoms with E-state index in [1.807, 2.05) is 0 Å². The topological polar surface area (TPSA) is 95.2 Å². The molecule has 0 bridgehead atoms. The first kappa shape index (κ1) is 14.4. The predicted molar refractivity (Wildman–Crippen MR) is 75.4 cm³/mol. The van der Waals surface area contributed by atoms with Crippen LogP contribution in [0.4, 0.5) is 0 Å². The summed E-state index contributed by atoms with van der Waals surface area (Å²) in [5.41, 5.74) is -1.75. The summed E-state index contributed by atoms with van der Waals surface area (Å²) < 4.78 is 21.2. The van der Waals surface area contributed by atoms with Gasteiger partial charge >= 0.3 is 5.63 Å². The van der Waals surface area contributed by atoms with Crippen molar-refractivity contribution in [2.24, 2.45) is 0 Å². The van der Waals surface area contributed by atoms with Crippen molar-refractivity contribution in [3.8, 4) is 17.2 Å². The molecule has 1 N–H and O–H groups in total. The van der Waals surface area contributed by atoms with Gasteiger partial charge < -0.3 is 23.7 Å². The van der Waals surface area contributed by atoms with Gasteiger partial charge in [-0.05, 0) is 19.9 Å². The van der Waals surface area contributed by atoms with Crippen LogP contribution in [0, 0.1) is 0 Å². The van der Waals surface area contributed by atoms with E-state index in [2.05, 4.69) is 0 Å². The number of ketones is 1. The van der Waals surface area contributed by atoms with Crippen molar-refractivity contribution in [2.45, 2.75) is 19.4 Å². The third kappa shape index (κ3) is 2.50. The maximum Gasteiger partial charge on any atom is 0.336 e. The molecule has 0 radical (unpaired) electrons. The molecule has 0 aliphatic carbocycles. The molecule has 22 heavy (non-hydrogen) atoms. The predicted octanol–water partition coefficient (Wildman–Crippen LogP) is 1.24. The van der Waals surface area contributed by atoms with Crippen molar-refractivity contribution >= 4 is 16.8 Å². The summed E-state index contributed by atoms with van der Waals surface area (Å²) in [6.45, 7) is 2.42. The number of aliphatic hydroxyl groups is 1. The van der Waals surface area contributed by atoms with Crippen LogP contribution in [0.3, 0.4) is 0 Å². The first-order valence-electron chi connectivity index (χ1n) is 6.61. The fraction of sp³-hybridized carbons (Fsp3) is 0.333. The average Bonchev–Trinajstić information content (AvgIpc) is 2.89. The van der Waals surface area contributed by atoms with Crippen molar-refractivity contribution in [1.82, 2.24) is 0 Å². The molecule has 116 valence electrons. The molecule has 7 heteroatoms. The summed E-state index contributed by atoms with van der Waals surface area (Å²) >= 11 is 0. The molecule has 2 aromatic rings. The van der Waals surface area contributed by atoms with Gasteiger partial charge in [-0.25, -0.2) is 4.79 Å². The smallest absolute Gasteiger partial charge is 0.336 e. The first-order valence-corrected chi connectivity index (χ1v) is 6.61. The van der Waals surface area contributed by atoms with Gasteiger partial charge in [0.1, 0.15) is 17.8 Å². The minimum Gasteiger partial charge on any atom is -0.481 e. The van der Waals surface area contributed by atoms with Gasteiger partial charge in [-0.3, -0.25) is 4.79 Å². The van der Waals surface area contributed by atoms with Crippen LogP contribution >= 0.6 is 0 Å². The lowest BCUT2D eigenvalue weighted by Crippen LogP contribution is -2.35. The van der Waals surface area contributed by atoms with Crippen LogP contribution in [0.25, 0.3) is 11.0 Å². The molecule has 0 saturated heterocycles. The van der Waals surface area contributed by atoms with E-state index in [4.69, 9.17) is 18.6 Å². The van der Waals surface area contributed by atoms with Crippen molar-refractivity contribution in [2.75, 3.05) is 13.4 Å². The van der Waals surface area contributed by atoms with Crippen LogP contribution < -0.4 is 19.8 Å². The van der Waals surface area contributed by atoms with Crippen LogP contribution in [0.1, 0.15) is 13.8 Å². The maximum absolute atomic E-state index is 11.8. The molecule has 0 amide bonds. The van der Waals surface area contributed by atoms with Crippen molar-refractivity contribution in [3.05, 3.63) is 28.6 Å². The van der Waals surface area contributed by atoms with E-state index in [0.29, 0.717) is 16.9 Å². The lowest BCUT2D eigenvalue weighted by Gasteiger charge is -2.17. The second kappa shape index (κ2) is 5.03. The molecular formula is C15H14O7. The SMILES string of the molecule is CC(C)(O)C(=O)COc1c2c(cc3oc(=O)ccc13)OCO2. The second-order valence-electron chi connectivity index (χ2n) is 5.38. The number of carbonyl (C=O) groups is 1. The number of hydrogen-bond acceptors (Lipinski definition) is 7. The number of ether oxygens (including phenoxy) is 3. The van der Waals surface area contributed by atoms with E-state index < -0.39 is 17.0 Å². The van der Waals surface area contributed by atoms with Crippen molar-refractivity contribution in [1.29, 1.82) is 0 Å². The highest BCUT2D eigenvalue weighted by Crippen LogP contribution is 2.45. The van der Waals surface area contributed by atoms with Crippen molar-refractivity contribution in [3.63, 3.8) is 0 Å². The number of carbonyl (C=O) groups excluding carboxylic acids is 1. The zero-order valence-corrected chi connectivity index (χ0v) is 12.0. The van der Waals surface area contributed by atoms with E-state index >= 15 is 0 Å². The van der Waals surface area contributed by atoms with E-state index in [0.717, 1.165) is 0 Å². The highest BCUT2D eigenvalue weighted by Gasteiger charge is 2.27. The highest BCUT2D eigenvalue weighted by atomic mass is 16.7. The van der Waals surface area contributed by atoms with Gasteiger partial charge in [0.05, 0.1) is 5.39 Å². The normalized spacial score (nSPS) is 13.4. The Hall–Kier alpha value is -2.54. The Balaban J connectivity index is 2.04. The monoisotopic (exact) mass is 306 g/mol. The van der Waals surface area contributed by atoms with Crippen LogP contribution in [0.2, 0.25) is 0 Å². The lowest BCUT2D eigenvalue weighted by molar-refractivity contribution is -0.136. The van der Waals surface area contributed by atoms with E-state index in [9.17, 15) is 14.7 Å². The molecule has 0 saturated carbocycles. The van der Waals surface area contributed by atoms with E-state index in [1.165, 1.54) is 32.0 Å². The Morgan fingerprint density at radius 3 is 2.86 bits per heavy atom. The summed E-state index contributed by atoms with van der Waals surface area (Å²) in [5, 5.41) is 10.1. The minimum atomic E-state index is -1.50. The zero-order valence-electron chi connectivity index (χ0n) is 12.0. The third-order valence-electron chi connectivity index (χ3n) is 3.25. The number of hydrogen-bond donors (Lipinski definition) is 1. The van der Waals surface area contributed by atoms with Crippen LogP contribution in [-0.4, -0.2) is 29.9 Å². The summed E-state index contributed by atoms with van der Waals surface area (Å²) in [5.74, 6) is 0.457. The number of Topliss-reactive ketones (excluding diaryl/α,β-unsaturated/α-hetero) is 1. The van der Waals surface area contributed by atoms with E-state index in [1.54, 1.807) is 0 Å². The molecule has 0 fully saturated rings. The van der Waals surface area contributed by atoms with Gasteiger partial charge in [-0.2, -0.15) is 0 Å². The molecule has 1 aliphatic rings. The molecule has 0 spiro atoms. The Kier molecular flexibility index (Phi) is 3.29. The third-order valence-corrected chi connectivity index (χ3v) is 3.25. The fourth-order valence-corrected chi connectivity index (χ4v) is 2.00. The van der Waals surface area contributed by atoms with Gasteiger partial charge in [0.15, 0.2) is 11.5 Å². The zero-order chi connectivity index (χ0) is 15.9.